The van der Waals surface area contributed by atoms with Crippen molar-refractivity contribution in [2.24, 2.45) is 5.92 Å². The third-order valence-electron chi connectivity index (χ3n) is 2.50. The quantitative estimate of drug-likeness (QED) is 0.680. The van der Waals surface area contributed by atoms with E-state index in [1.54, 1.807) is 0 Å². The van der Waals surface area contributed by atoms with Crippen molar-refractivity contribution >= 4 is 15.8 Å². The second-order valence-electron chi connectivity index (χ2n) is 3.66. The molecule has 0 aromatic heterocycles. The highest BCUT2D eigenvalue weighted by atomic mass is 32.2. The number of aliphatic carboxylic acids is 1. The van der Waals surface area contributed by atoms with E-state index in [0.717, 1.165) is 0 Å². The van der Waals surface area contributed by atoms with Crippen LogP contribution in [0.5, 0.6) is 0 Å². The smallest absolute Gasteiger partial charge is 0.303 e. The molecule has 0 aliphatic carbocycles. The number of hydrogen-bond donors (Lipinski definition) is 2. The number of carbonyl (C=O) groups is 1. The monoisotopic (exact) mass is 222 g/mol. The summed E-state index contributed by atoms with van der Waals surface area (Å²) in [4.78, 5) is 10.3. The number of hydrogen-bond acceptors (Lipinski definition) is 4. The standard InChI is InChI=1S/C8H14O5S/c9-7-5-14(12,13)4-3-6(7)1-2-8(10)11/h6-7,9H,1-5H2,(H,10,11)/t6-,7-/m0/s1. The molecule has 14 heavy (non-hydrogen) atoms. The molecule has 0 saturated carbocycles. The Morgan fingerprint density at radius 3 is 2.57 bits per heavy atom. The number of aliphatic hydroxyl groups excluding tert-OH is 1. The summed E-state index contributed by atoms with van der Waals surface area (Å²) in [7, 11) is -3.10. The Balaban J connectivity index is 2.46. The molecular formula is C8H14O5S. The third kappa shape index (κ3) is 3.26. The lowest BCUT2D eigenvalue weighted by Gasteiger charge is -2.26. The molecule has 1 saturated heterocycles. The zero-order chi connectivity index (χ0) is 10.8. The molecule has 0 bridgehead atoms. The molecule has 0 aromatic carbocycles. The average molecular weight is 222 g/mol. The summed E-state index contributed by atoms with van der Waals surface area (Å²) in [6.45, 7) is 0. The van der Waals surface area contributed by atoms with E-state index in [1.807, 2.05) is 0 Å². The van der Waals surface area contributed by atoms with Gasteiger partial charge in [0.15, 0.2) is 9.84 Å². The van der Waals surface area contributed by atoms with Crippen LogP contribution in [0.4, 0.5) is 0 Å². The van der Waals surface area contributed by atoms with Gasteiger partial charge in [-0.05, 0) is 18.8 Å². The topological polar surface area (TPSA) is 91.7 Å². The zero-order valence-electron chi connectivity index (χ0n) is 7.72. The van der Waals surface area contributed by atoms with Crippen LogP contribution in [0.2, 0.25) is 0 Å². The van der Waals surface area contributed by atoms with Gasteiger partial charge in [-0.3, -0.25) is 4.79 Å². The van der Waals surface area contributed by atoms with Gasteiger partial charge in [0.05, 0.1) is 17.6 Å². The van der Waals surface area contributed by atoms with Gasteiger partial charge >= 0.3 is 5.97 Å². The SMILES string of the molecule is O=C(O)CC[C@H]1CCS(=O)(=O)C[C@@H]1O. The van der Waals surface area contributed by atoms with Gasteiger partial charge in [0.2, 0.25) is 0 Å². The van der Waals surface area contributed by atoms with Crippen LogP contribution < -0.4 is 0 Å². The largest absolute Gasteiger partial charge is 0.481 e. The molecule has 82 valence electrons. The van der Waals surface area contributed by atoms with Gasteiger partial charge < -0.3 is 10.2 Å². The fourth-order valence-corrected chi connectivity index (χ4v) is 3.27. The Morgan fingerprint density at radius 2 is 2.07 bits per heavy atom. The zero-order valence-corrected chi connectivity index (χ0v) is 8.53. The summed E-state index contributed by atoms with van der Waals surface area (Å²) >= 11 is 0. The van der Waals surface area contributed by atoms with Crippen molar-refractivity contribution in [3.05, 3.63) is 0 Å². The molecule has 1 aliphatic rings. The first-order valence-electron chi connectivity index (χ1n) is 4.51. The summed E-state index contributed by atoms with van der Waals surface area (Å²) < 4.78 is 22.1. The molecule has 0 aromatic rings. The second kappa shape index (κ2) is 4.27. The Kier molecular flexibility index (Phi) is 3.49. The third-order valence-corrected chi connectivity index (χ3v) is 4.20. The lowest BCUT2D eigenvalue weighted by Crippen LogP contribution is -2.37. The molecule has 0 amide bonds. The molecule has 6 heteroatoms. The van der Waals surface area contributed by atoms with Crippen LogP contribution in [0.3, 0.4) is 0 Å². The summed E-state index contributed by atoms with van der Waals surface area (Å²) in [5.41, 5.74) is 0. The molecule has 2 N–H and O–H groups in total. The van der Waals surface area contributed by atoms with E-state index in [4.69, 9.17) is 5.11 Å². The fraction of sp³-hybridized carbons (Fsp3) is 0.875. The van der Waals surface area contributed by atoms with Crippen LogP contribution >= 0.6 is 0 Å². The molecule has 1 heterocycles. The van der Waals surface area contributed by atoms with Crippen LogP contribution in [0.15, 0.2) is 0 Å². The Bertz CT molecular complexity index is 308. The second-order valence-corrected chi connectivity index (χ2v) is 5.89. The molecule has 5 nitrogen and oxygen atoms in total. The predicted octanol–water partition coefficient (Wildman–Crippen LogP) is -0.353. The molecule has 1 fully saturated rings. The van der Waals surface area contributed by atoms with Gasteiger partial charge in [-0.1, -0.05) is 0 Å². The first-order chi connectivity index (χ1) is 6.41. The van der Waals surface area contributed by atoms with Crippen LogP contribution in [0, 0.1) is 5.92 Å². The Hall–Kier alpha value is -0.620. The minimum absolute atomic E-state index is 0.0121. The van der Waals surface area contributed by atoms with Crippen molar-refractivity contribution in [1.29, 1.82) is 0 Å². The van der Waals surface area contributed by atoms with E-state index in [2.05, 4.69) is 0 Å². The van der Waals surface area contributed by atoms with Crippen molar-refractivity contribution in [3.63, 3.8) is 0 Å². The van der Waals surface area contributed by atoms with Crippen molar-refractivity contribution < 1.29 is 23.4 Å². The van der Waals surface area contributed by atoms with Gasteiger partial charge in [-0.2, -0.15) is 0 Å². The highest BCUT2D eigenvalue weighted by Gasteiger charge is 2.31. The molecule has 0 unspecified atom stereocenters. The molecule has 0 radical (unpaired) electrons. The molecular weight excluding hydrogens is 208 g/mol. The van der Waals surface area contributed by atoms with Gasteiger partial charge in [0, 0.05) is 6.42 Å². The van der Waals surface area contributed by atoms with Crippen LogP contribution in [-0.2, 0) is 14.6 Å². The van der Waals surface area contributed by atoms with E-state index < -0.39 is 21.9 Å². The highest BCUT2D eigenvalue weighted by Crippen LogP contribution is 2.23. The number of sulfone groups is 1. The van der Waals surface area contributed by atoms with Gasteiger partial charge in [-0.15, -0.1) is 0 Å². The molecule has 1 rings (SSSR count). The normalized spacial score (nSPS) is 31.2. The predicted molar refractivity (Wildman–Crippen MR) is 49.6 cm³/mol. The van der Waals surface area contributed by atoms with E-state index in [0.29, 0.717) is 12.8 Å². The Labute approximate surface area is 82.7 Å². The molecule has 1 aliphatic heterocycles. The van der Waals surface area contributed by atoms with Crippen LogP contribution in [0.1, 0.15) is 19.3 Å². The van der Waals surface area contributed by atoms with Gasteiger partial charge in [0.1, 0.15) is 0 Å². The maximum atomic E-state index is 11.1. The van der Waals surface area contributed by atoms with Gasteiger partial charge in [0.25, 0.3) is 0 Å². The first kappa shape index (κ1) is 11.5. The van der Waals surface area contributed by atoms with E-state index >= 15 is 0 Å². The van der Waals surface area contributed by atoms with Crippen molar-refractivity contribution in [3.8, 4) is 0 Å². The summed E-state index contributed by atoms with van der Waals surface area (Å²) in [5, 5.41) is 17.9. The van der Waals surface area contributed by atoms with Crippen molar-refractivity contribution in [2.75, 3.05) is 11.5 Å². The highest BCUT2D eigenvalue weighted by molar-refractivity contribution is 7.91. The van der Waals surface area contributed by atoms with Crippen molar-refractivity contribution in [2.45, 2.75) is 25.4 Å². The number of carboxylic acids is 1. The summed E-state index contributed by atoms with van der Waals surface area (Å²) in [6.07, 6.45) is -0.182. The van der Waals surface area contributed by atoms with Crippen molar-refractivity contribution in [1.82, 2.24) is 0 Å². The minimum atomic E-state index is -3.10. The molecule has 0 spiro atoms. The lowest BCUT2D eigenvalue weighted by molar-refractivity contribution is -0.137. The van der Waals surface area contributed by atoms with Crippen LogP contribution in [-0.4, -0.2) is 42.2 Å². The Morgan fingerprint density at radius 1 is 1.43 bits per heavy atom. The lowest BCUT2D eigenvalue weighted by atomic mass is 9.94. The van der Waals surface area contributed by atoms with E-state index in [-0.39, 0.29) is 23.8 Å². The summed E-state index contributed by atoms with van der Waals surface area (Å²) in [6, 6.07) is 0. The number of carboxylic acid groups (broad SMARTS) is 1. The molecule has 2 atom stereocenters. The maximum absolute atomic E-state index is 11.1. The number of aliphatic hydroxyl groups is 1. The van der Waals surface area contributed by atoms with E-state index in [9.17, 15) is 18.3 Å². The first-order valence-corrected chi connectivity index (χ1v) is 6.33. The van der Waals surface area contributed by atoms with Crippen LogP contribution in [0.25, 0.3) is 0 Å². The van der Waals surface area contributed by atoms with E-state index in [1.165, 1.54) is 0 Å². The maximum Gasteiger partial charge on any atom is 0.303 e. The average Bonchev–Trinajstić information content (AvgIpc) is 2.00. The number of rotatable bonds is 3. The fourth-order valence-electron chi connectivity index (χ4n) is 1.65. The summed E-state index contributed by atoms with van der Waals surface area (Å²) in [5.74, 6) is -1.26. The minimum Gasteiger partial charge on any atom is -0.481 e. The van der Waals surface area contributed by atoms with Gasteiger partial charge in [-0.25, -0.2) is 8.42 Å².